The average Bonchev–Trinajstić information content (AvgIpc) is 2.66. The molecular weight excluding hydrogens is 372 g/mol. The van der Waals surface area contributed by atoms with Gasteiger partial charge in [-0.15, -0.1) is 0 Å². The molecule has 28 heavy (non-hydrogen) atoms. The van der Waals surface area contributed by atoms with Gasteiger partial charge in [0.25, 0.3) is 0 Å². The van der Waals surface area contributed by atoms with Gasteiger partial charge in [0.05, 0.1) is 6.42 Å². The summed E-state index contributed by atoms with van der Waals surface area (Å²) >= 11 is 5.93. The van der Waals surface area contributed by atoms with E-state index in [0.717, 1.165) is 16.7 Å². The van der Waals surface area contributed by atoms with Crippen molar-refractivity contribution in [3.8, 4) is 0 Å². The van der Waals surface area contributed by atoms with E-state index < -0.39 is 6.04 Å². The first-order valence-corrected chi connectivity index (χ1v) is 10.0. The van der Waals surface area contributed by atoms with E-state index in [1.54, 1.807) is 24.0 Å². The standard InChI is InChI=1S/C23H29ClN2O2/c1-16(2)14-25-23(28)18(4)26(15-20-7-5-17(3)6-8-20)22(27)13-19-9-11-21(24)12-10-19/h5-12,16,18H,13-15H2,1-4H3,(H,25,28)/t18-/m1/s1. The summed E-state index contributed by atoms with van der Waals surface area (Å²) < 4.78 is 0. The molecule has 2 aromatic carbocycles. The molecule has 0 fully saturated rings. The molecule has 1 N–H and O–H groups in total. The van der Waals surface area contributed by atoms with Crippen LogP contribution in [0.2, 0.25) is 5.02 Å². The van der Waals surface area contributed by atoms with Crippen LogP contribution >= 0.6 is 11.6 Å². The molecule has 150 valence electrons. The molecule has 2 rings (SSSR count). The number of amides is 2. The van der Waals surface area contributed by atoms with Gasteiger partial charge in [0.2, 0.25) is 11.8 Å². The summed E-state index contributed by atoms with van der Waals surface area (Å²) in [5.41, 5.74) is 3.03. The van der Waals surface area contributed by atoms with Crippen molar-refractivity contribution in [1.82, 2.24) is 10.2 Å². The van der Waals surface area contributed by atoms with E-state index in [2.05, 4.69) is 5.32 Å². The molecule has 0 aromatic heterocycles. The lowest BCUT2D eigenvalue weighted by Gasteiger charge is -2.29. The summed E-state index contributed by atoms with van der Waals surface area (Å²) in [7, 11) is 0. The van der Waals surface area contributed by atoms with Crippen molar-refractivity contribution < 1.29 is 9.59 Å². The van der Waals surface area contributed by atoms with Crippen LogP contribution in [-0.2, 0) is 22.6 Å². The van der Waals surface area contributed by atoms with Crippen LogP contribution in [0.5, 0.6) is 0 Å². The zero-order valence-electron chi connectivity index (χ0n) is 17.0. The fraction of sp³-hybridized carbons (Fsp3) is 0.391. The molecule has 5 heteroatoms. The predicted octanol–water partition coefficient (Wildman–Crippen LogP) is 4.38. The summed E-state index contributed by atoms with van der Waals surface area (Å²) in [4.78, 5) is 27.3. The fourth-order valence-corrected chi connectivity index (χ4v) is 2.93. The van der Waals surface area contributed by atoms with E-state index >= 15 is 0 Å². The molecule has 0 aliphatic heterocycles. The molecule has 0 aliphatic carbocycles. The minimum absolute atomic E-state index is 0.0879. The van der Waals surface area contributed by atoms with Gasteiger partial charge in [0, 0.05) is 18.1 Å². The molecule has 2 amide bonds. The van der Waals surface area contributed by atoms with Crippen molar-refractivity contribution in [3.63, 3.8) is 0 Å². The minimum atomic E-state index is -0.556. The monoisotopic (exact) mass is 400 g/mol. The second-order valence-electron chi connectivity index (χ2n) is 7.63. The number of aryl methyl sites for hydroxylation is 1. The Bertz CT molecular complexity index is 785. The number of hydrogen-bond donors (Lipinski definition) is 1. The number of rotatable bonds is 8. The second kappa shape index (κ2) is 10.3. The predicted molar refractivity (Wildman–Crippen MR) is 114 cm³/mol. The van der Waals surface area contributed by atoms with Crippen LogP contribution in [0, 0.1) is 12.8 Å². The topological polar surface area (TPSA) is 49.4 Å². The number of halogens is 1. The molecule has 2 aromatic rings. The van der Waals surface area contributed by atoms with Crippen LogP contribution in [0.4, 0.5) is 0 Å². The Labute approximate surface area is 172 Å². The fourth-order valence-electron chi connectivity index (χ4n) is 2.80. The number of nitrogens with zero attached hydrogens (tertiary/aromatic N) is 1. The van der Waals surface area contributed by atoms with Gasteiger partial charge < -0.3 is 10.2 Å². The number of carbonyl (C=O) groups excluding carboxylic acids is 2. The normalized spacial score (nSPS) is 11.9. The van der Waals surface area contributed by atoms with E-state index in [0.29, 0.717) is 24.0 Å². The molecule has 0 unspecified atom stereocenters. The smallest absolute Gasteiger partial charge is 0.242 e. The van der Waals surface area contributed by atoms with Gasteiger partial charge >= 0.3 is 0 Å². The first-order chi connectivity index (χ1) is 13.3. The molecule has 0 spiro atoms. The molecule has 0 saturated carbocycles. The largest absolute Gasteiger partial charge is 0.354 e. The highest BCUT2D eigenvalue weighted by molar-refractivity contribution is 6.30. The maximum absolute atomic E-state index is 13.1. The SMILES string of the molecule is Cc1ccc(CN(C(=O)Cc2ccc(Cl)cc2)[C@H](C)C(=O)NCC(C)C)cc1. The molecule has 0 heterocycles. The summed E-state index contributed by atoms with van der Waals surface area (Å²) in [5, 5.41) is 3.57. The van der Waals surface area contributed by atoms with Crippen molar-refractivity contribution in [2.75, 3.05) is 6.54 Å². The third kappa shape index (κ3) is 6.68. The van der Waals surface area contributed by atoms with Crippen molar-refractivity contribution in [2.45, 2.75) is 46.7 Å². The van der Waals surface area contributed by atoms with Crippen LogP contribution in [-0.4, -0.2) is 29.3 Å². The molecule has 0 radical (unpaired) electrons. The number of benzene rings is 2. The van der Waals surface area contributed by atoms with E-state index in [1.807, 2.05) is 57.2 Å². The van der Waals surface area contributed by atoms with Gasteiger partial charge in [-0.1, -0.05) is 67.4 Å². The summed E-state index contributed by atoms with van der Waals surface area (Å²) in [5.74, 6) is 0.131. The number of hydrogen-bond acceptors (Lipinski definition) is 2. The van der Waals surface area contributed by atoms with Gasteiger partial charge in [-0.3, -0.25) is 9.59 Å². The van der Waals surface area contributed by atoms with E-state index in [1.165, 1.54) is 0 Å². The van der Waals surface area contributed by atoms with Gasteiger partial charge in [-0.05, 0) is 43.0 Å². The van der Waals surface area contributed by atoms with Crippen molar-refractivity contribution in [2.24, 2.45) is 5.92 Å². The third-order valence-corrected chi connectivity index (χ3v) is 4.85. The second-order valence-corrected chi connectivity index (χ2v) is 8.06. The van der Waals surface area contributed by atoms with Crippen LogP contribution in [0.1, 0.15) is 37.5 Å². The Balaban J connectivity index is 2.18. The lowest BCUT2D eigenvalue weighted by molar-refractivity contribution is -0.140. The Kier molecular flexibility index (Phi) is 8.06. The highest BCUT2D eigenvalue weighted by Gasteiger charge is 2.26. The zero-order valence-corrected chi connectivity index (χ0v) is 17.8. The maximum Gasteiger partial charge on any atom is 0.242 e. The zero-order chi connectivity index (χ0) is 20.7. The molecular formula is C23H29ClN2O2. The quantitative estimate of drug-likeness (QED) is 0.714. The summed E-state index contributed by atoms with van der Waals surface area (Å²) in [6.45, 7) is 8.87. The first kappa shape index (κ1) is 22.0. The van der Waals surface area contributed by atoms with Gasteiger partial charge in [-0.2, -0.15) is 0 Å². The van der Waals surface area contributed by atoms with Crippen LogP contribution in [0.3, 0.4) is 0 Å². The van der Waals surface area contributed by atoms with E-state index in [9.17, 15) is 9.59 Å². The Hall–Kier alpha value is -2.33. The summed E-state index contributed by atoms with van der Waals surface area (Å²) in [6.07, 6.45) is 0.227. The van der Waals surface area contributed by atoms with Crippen LogP contribution in [0.15, 0.2) is 48.5 Å². The maximum atomic E-state index is 13.1. The highest BCUT2D eigenvalue weighted by Crippen LogP contribution is 2.15. The van der Waals surface area contributed by atoms with Crippen LogP contribution in [0.25, 0.3) is 0 Å². The highest BCUT2D eigenvalue weighted by atomic mass is 35.5. The lowest BCUT2D eigenvalue weighted by atomic mass is 10.1. The lowest BCUT2D eigenvalue weighted by Crippen LogP contribution is -2.48. The van der Waals surface area contributed by atoms with Gasteiger partial charge in [0.1, 0.15) is 6.04 Å². The third-order valence-electron chi connectivity index (χ3n) is 4.59. The molecule has 0 aliphatic rings. The van der Waals surface area contributed by atoms with Crippen molar-refractivity contribution in [1.29, 1.82) is 0 Å². The first-order valence-electron chi connectivity index (χ1n) is 9.63. The summed E-state index contributed by atoms with van der Waals surface area (Å²) in [6, 6.07) is 14.7. The van der Waals surface area contributed by atoms with E-state index in [-0.39, 0.29) is 18.2 Å². The Morgan fingerprint density at radius 1 is 0.964 bits per heavy atom. The molecule has 0 bridgehead atoms. The van der Waals surface area contributed by atoms with Crippen molar-refractivity contribution >= 4 is 23.4 Å². The molecule has 0 saturated heterocycles. The van der Waals surface area contributed by atoms with Crippen LogP contribution < -0.4 is 5.32 Å². The Morgan fingerprint density at radius 2 is 1.54 bits per heavy atom. The molecule has 4 nitrogen and oxygen atoms in total. The van der Waals surface area contributed by atoms with Crippen molar-refractivity contribution in [3.05, 3.63) is 70.2 Å². The number of nitrogens with one attached hydrogen (secondary N) is 1. The average molecular weight is 401 g/mol. The Morgan fingerprint density at radius 3 is 2.11 bits per heavy atom. The minimum Gasteiger partial charge on any atom is -0.354 e. The van der Waals surface area contributed by atoms with Gasteiger partial charge in [-0.25, -0.2) is 0 Å². The molecule has 1 atom stereocenters. The van der Waals surface area contributed by atoms with Gasteiger partial charge in [0.15, 0.2) is 0 Å². The number of carbonyl (C=O) groups is 2. The van der Waals surface area contributed by atoms with E-state index in [4.69, 9.17) is 11.6 Å².